The van der Waals surface area contributed by atoms with E-state index in [0.717, 1.165) is 29.1 Å². The van der Waals surface area contributed by atoms with Crippen LogP contribution in [0.1, 0.15) is 17.5 Å². The predicted molar refractivity (Wildman–Crippen MR) is 112 cm³/mol. The third-order valence-electron chi connectivity index (χ3n) is 4.43. The summed E-state index contributed by atoms with van der Waals surface area (Å²) in [6, 6.07) is 13.8. The second-order valence-corrected chi connectivity index (χ2v) is 7.11. The van der Waals surface area contributed by atoms with Crippen LogP contribution in [0.5, 0.6) is 5.75 Å². The van der Waals surface area contributed by atoms with Crippen LogP contribution in [0.2, 0.25) is 0 Å². The maximum Gasteiger partial charge on any atom is 0.220 e. The average Bonchev–Trinajstić information content (AvgIpc) is 3.26. The number of hydrogen-bond donors (Lipinski definition) is 2. The van der Waals surface area contributed by atoms with Gasteiger partial charge in [0, 0.05) is 25.7 Å². The molecule has 0 aliphatic carbocycles. The predicted octanol–water partition coefficient (Wildman–Crippen LogP) is 2.66. The zero-order chi connectivity index (χ0) is 20.5. The number of aryl methyl sites for hydroxylation is 1. The highest BCUT2D eigenvalue weighted by Gasteiger charge is 2.05. The first kappa shape index (κ1) is 20.5. The molecule has 0 bridgehead atoms. The molecular formula is C22H27N5O2. The number of aromatic amines is 1. The molecule has 0 unspecified atom stereocenters. The van der Waals surface area contributed by atoms with Crippen molar-refractivity contribution >= 4 is 5.91 Å². The van der Waals surface area contributed by atoms with Crippen LogP contribution in [0, 0.1) is 0 Å². The summed E-state index contributed by atoms with van der Waals surface area (Å²) in [6.07, 6.45) is 4.60. The number of pyridine rings is 1. The Bertz CT molecular complexity index is 892. The van der Waals surface area contributed by atoms with Gasteiger partial charge in [-0.15, -0.1) is 0 Å². The van der Waals surface area contributed by atoms with Crippen LogP contribution in [-0.2, 0) is 17.8 Å². The van der Waals surface area contributed by atoms with E-state index in [4.69, 9.17) is 4.74 Å². The number of hydrogen-bond acceptors (Lipinski definition) is 5. The summed E-state index contributed by atoms with van der Waals surface area (Å²) < 4.78 is 5.85. The topological polar surface area (TPSA) is 83.1 Å². The fourth-order valence-corrected chi connectivity index (χ4v) is 2.83. The Morgan fingerprint density at radius 1 is 1.17 bits per heavy atom. The van der Waals surface area contributed by atoms with Crippen LogP contribution in [-0.4, -0.2) is 53.2 Å². The van der Waals surface area contributed by atoms with Gasteiger partial charge in [0.2, 0.25) is 5.91 Å². The van der Waals surface area contributed by atoms with Crippen molar-refractivity contribution in [1.82, 2.24) is 25.4 Å². The standard InChI is InChI=1S/C22H27N5O2/c1-27(2)13-12-23-22(28)9-6-17-4-3-5-18(14-17)16-29-19-7-8-20(24-15-19)21-10-11-25-26-21/h3-5,7-8,10-11,14-15H,6,9,12-13,16H2,1-2H3,(H,23,28)(H,25,26). The molecule has 0 radical (unpaired) electrons. The van der Waals surface area contributed by atoms with E-state index in [1.54, 1.807) is 12.4 Å². The van der Waals surface area contributed by atoms with Gasteiger partial charge in [0.05, 0.1) is 17.6 Å². The Labute approximate surface area is 171 Å². The van der Waals surface area contributed by atoms with Crippen molar-refractivity contribution in [1.29, 1.82) is 0 Å². The monoisotopic (exact) mass is 393 g/mol. The number of rotatable bonds is 10. The van der Waals surface area contributed by atoms with E-state index < -0.39 is 0 Å². The number of nitrogens with zero attached hydrogens (tertiary/aromatic N) is 3. The SMILES string of the molecule is CN(C)CCNC(=O)CCc1cccc(COc2ccc(-c3ccn[nH]3)nc2)c1. The molecule has 1 aromatic carbocycles. The molecule has 3 rings (SSSR count). The van der Waals surface area contributed by atoms with Gasteiger partial charge in [-0.05, 0) is 49.8 Å². The number of nitrogens with one attached hydrogen (secondary N) is 2. The molecule has 0 aliphatic rings. The molecule has 2 heterocycles. The normalized spacial score (nSPS) is 10.9. The third-order valence-corrected chi connectivity index (χ3v) is 4.43. The molecule has 152 valence electrons. The summed E-state index contributed by atoms with van der Waals surface area (Å²) in [5.41, 5.74) is 3.88. The highest BCUT2D eigenvalue weighted by atomic mass is 16.5. The fourth-order valence-electron chi connectivity index (χ4n) is 2.83. The summed E-state index contributed by atoms with van der Waals surface area (Å²) in [7, 11) is 3.98. The van der Waals surface area contributed by atoms with E-state index in [0.29, 0.717) is 31.7 Å². The summed E-state index contributed by atoms with van der Waals surface area (Å²) >= 11 is 0. The van der Waals surface area contributed by atoms with Gasteiger partial charge >= 0.3 is 0 Å². The van der Waals surface area contributed by atoms with Crippen molar-refractivity contribution < 1.29 is 9.53 Å². The smallest absolute Gasteiger partial charge is 0.220 e. The van der Waals surface area contributed by atoms with Gasteiger partial charge in [-0.2, -0.15) is 5.10 Å². The highest BCUT2D eigenvalue weighted by molar-refractivity contribution is 5.76. The van der Waals surface area contributed by atoms with E-state index in [9.17, 15) is 4.79 Å². The lowest BCUT2D eigenvalue weighted by atomic mass is 10.1. The minimum Gasteiger partial charge on any atom is -0.487 e. The second-order valence-electron chi connectivity index (χ2n) is 7.11. The van der Waals surface area contributed by atoms with Crippen LogP contribution in [0.15, 0.2) is 54.9 Å². The molecule has 0 spiro atoms. The quantitative estimate of drug-likeness (QED) is 0.553. The van der Waals surface area contributed by atoms with Gasteiger partial charge in [-0.3, -0.25) is 14.9 Å². The molecule has 2 aromatic heterocycles. The summed E-state index contributed by atoms with van der Waals surface area (Å²) in [5, 5.41) is 9.76. The molecule has 7 heteroatoms. The zero-order valence-corrected chi connectivity index (χ0v) is 16.9. The molecule has 7 nitrogen and oxygen atoms in total. The third kappa shape index (κ3) is 6.73. The van der Waals surface area contributed by atoms with Crippen molar-refractivity contribution in [2.24, 2.45) is 0 Å². The Balaban J connectivity index is 1.46. The number of carbonyl (C=O) groups excluding carboxylic acids is 1. The van der Waals surface area contributed by atoms with Crippen molar-refractivity contribution in [3.63, 3.8) is 0 Å². The maximum absolute atomic E-state index is 11.9. The van der Waals surface area contributed by atoms with Crippen molar-refractivity contribution in [2.45, 2.75) is 19.4 Å². The van der Waals surface area contributed by atoms with Gasteiger partial charge in [-0.1, -0.05) is 24.3 Å². The molecule has 3 aromatic rings. The van der Waals surface area contributed by atoms with Crippen LogP contribution in [0.3, 0.4) is 0 Å². The number of amides is 1. The second kappa shape index (κ2) is 10.4. The number of H-pyrrole nitrogens is 1. The Morgan fingerprint density at radius 2 is 2.03 bits per heavy atom. The van der Waals surface area contributed by atoms with Crippen molar-refractivity contribution in [3.05, 3.63) is 66.0 Å². The first-order chi connectivity index (χ1) is 14.1. The Kier molecular flexibility index (Phi) is 7.35. The van der Waals surface area contributed by atoms with Crippen LogP contribution in [0.4, 0.5) is 0 Å². The van der Waals surface area contributed by atoms with Crippen LogP contribution in [0.25, 0.3) is 11.4 Å². The number of benzene rings is 1. The van der Waals surface area contributed by atoms with E-state index in [1.165, 1.54) is 0 Å². The molecule has 0 saturated carbocycles. The number of likely N-dealkylation sites (N-methyl/N-ethyl adjacent to an activating group) is 1. The van der Waals surface area contributed by atoms with Gasteiger partial charge < -0.3 is 15.0 Å². The molecule has 1 amide bonds. The van der Waals surface area contributed by atoms with Gasteiger partial charge in [0.25, 0.3) is 0 Å². The van der Waals surface area contributed by atoms with Gasteiger partial charge in [0.1, 0.15) is 12.4 Å². The minimum atomic E-state index is 0.0805. The molecule has 29 heavy (non-hydrogen) atoms. The first-order valence-electron chi connectivity index (χ1n) is 9.68. The van der Waals surface area contributed by atoms with Gasteiger partial charge in [-0.25, -0.2) is 0 Å². The molecule has 0 atom stereocenters. The summed E-state index contributed by atoms with van der Waals surface area (Å²) in [6.45, 7) is 1.97. The van der Waals surface area contributed by atoms with E-state index >= 15 is 0 Å². The molecular weight excluding hydrogens is 366 g/mol. The van der Waals surface area contributed by atoms with E-state index in [1.807, 2.05) is 55.4 Å². The minimum absolute atomic E-state index is 0.0805. The molecule has 0 aliphatic heterocycles. The maximum atomic E-state index is 11.9. The van der Waals surface area contributed by atoms with E-state index in [2.05, 4.69) is 26.6 Å². The van der Waals surface area contributed by atoms with Crippen molar-refractivity contribution in [2.75, 3.05) is 27.2 Å². The molecule has 0 saturated heterocycles. The molecule has 0 fully saturated rings. The van der Waals surface area contributed by atoms with Crippen molar-refractivity contribution in [3.8, 4) is 17.1 Å². The number of aromatic nitrogens is 3. The summed E-state index contributed by atoms with van der Waals surface area (Å²) in [5.74, 6) is 0.788. The average molecular weight is 393 g/mol. The number of ether oxygens (including phenoxy) is 1. The Morgan fingerprint density at radius 3 is 2.76 bits per heavy atom. The van der Waals surface area contributed by atoms with Crippen LogP contribution < -0.4 is 10.1 Å². The van der Waals surface area contributed by atoms with E-state index in [-0.39, 0.29) is 5.91 Å². The Hall–Kier alpha value is -3.19. The lowest BCUT2D eigenvalue weighted by molar-refractivity contribution is -0.121. The lowest BCUT2D eigenvalue weighted by Crippen LogP contribution is -2.31. The molecule has 2 N–H and O–H groups in total. The number of carbonyl (C=O) groups is 1. The first-order valence-corrected chi connectivity index (χ1v) is 9.68. The zero-order valence-electron chi connectivity index (χ0n) is 16.9. The van der Waals surface area contributed by atoms with Gasteiger partial charge in [0.15, 0.2) is 0 Å². The summed E-state index contributed by atoms with van der Waals surface area (Å²) in [4.78, 5) is 18.4. The largest absolute Gasteiger partial charge is 0.487 e. The lowest BCUT2D eigenvalue weighted by Gasteiger charge is -2.11. The van der Waals surface area contributed by atoms with Crippen LogP contribution >= 0.6 is 0 Å². The highest BCUT2D eigenvalue weighted by Crippen LogP contribution is 2.18. The fraction of sp³-hybridized carbons (Fsp3) is 0.318.